The van der Waals surface area contributed by atoms with Crippen molar-refractivity contribution in [2.75, 3.05) is 15.4 Å². The average Bonchev–Trinajstić information content (AvgIpc) is 2.66. The molecule has 0 bridgehead atoms. The molecule has 0 radical (unpaired) electrons. The summed E-state index contributed by atoms with van der Waals surface area (Å²) in [7, 11) is -3.94. The summed E-state index contributed by atoms with van der Waals surface area (Å²) in [4.78, 5) is 23.0. The van der Waals surface area contributed by atoms with Crippen molar-refractivity contribution < 1.29 is 18.0 Å². The van der Waals surface area contributed by atoms with Gasteiger partial charge in [0, 0.05) is 0 Å². The smallest absolute Gasteiger partial charge is 0.261 e. The number of amides is 2. The van der Waals surface area contributed by atoms with Gasteiger partial charge in [-0.25, -0.2) is 8.42 Å². The first-order chi connectivity index (χ1) is 11.7. The highest BCUT2D eigenvalue weighted by atomic mass is 35.5. The fourth-order valence-corrected chi connectivity index (χ4v) is 3.58. The first kappa shape index (κ1) is 17.5. The van der Waals surface area contributed by atoms with Crippen LogP contribution in [0.5, 0.6) is 0 Å². The Kier molecular flexibility index (Phi) is 4.59. The van der Waals surface area contributed by atoms with Crippen molar-refractivity contribution in [1.82, 2.24) is 0 Å². The van der Waals surface area contributed by atoms with Crippen LogP contribution in [0, 0.1) is 0 Å². The van der Waals surface area contributed by atoms with Gasteiger partial charge < -0.3 is 10.6 Å². The van der Waals surface area contributed by atoms with Crippen LogP contribution in [0.2, 0.25) is 10.0 Å². The van der Waals surface area contributed by atoms with Gasteiger partial charge in [0.25, 0.3) is 10.0 Å². The molecule has 0 atom stereocenters. The molecule has 0 fully saturated rings. The summed E-state index contributed by atoms with van der Waals surface area (Å²) in [6.45, 7) is 0. The second kappa shape index (κ2) is 6.55. The Morgan fingerprint density at radius 3 is 2.24 bits per heavy atom. The Labute approximate surface area is 153 Å². The number of benzene rings is 2. The third-order valence-electron chi connectivity index (χ3n) is 3.34. The van der Waals surface area contributed by atoms with Crippen molar-refractivity contribution in [3.63, 3.8) is 0 Å². The molecule has 1 aliphatic heterocycles. The molecule has 1 heterocycles. The molecule has 10 heteroatoms. The minimum absolute atomic E-state index is 0.0891. The van der Waals surface area contributed by atoms with Gasteiger partial charge in [-0.15, -0.1) is 0 Å². The van der Waals surface area contributed by atoms with Crippen LogP contribution >= 0.6 is 23.2 Å². The van der Waals surface area contributed by atoms with Crippen molar-refractivity contribution >= 4 is 62.1 Å². The van der Waals surface area contributed by atoms with Gasteiger partial charge in [-0.05, 0) is 36.4 Å². The fraction of sp³-hybridized carbons (Fsp3) is 0.0667. The zero-order valence-corrected chi connectivity index (χ0v) is 14.8. The Hall–Kier alpha value is -2.29. The highest BCUT2D eigenvalue weighted by Gasteiger charge is 2.22. The molecule has 130 valence electrons. The summed E-state index contributed by atoms with van der Waals surface area (Å²) >= 11 is 11.7. The topological polar surface area (TPSA) is 104 Å². The summed E-state index contributed by atoms with van der Waals surface area (Å²) in [5.74, 6) is -0.996. The number of halogens is 2. The van der Waals surface area contributed by atoms with E-state index in [2.05, 4.69) is 15.4 Å². The number of carbonyl (C=O) groups excluding carboxylic acids is 2. The van der Waals surface area contributed by atoms with Gasteiger partial charge in [-0.1, -0.05) is 23.2 Å². The van der Waals surface area contributed by atoms with Gasteiger partial charge >= 0.3 is 0 Å². The van der Waals surface area contributed by atoms with Gasteiger partial charge in [0.1, 0.15) is 6.42 Å². The number of rotatable bonds is 3. The first-order valence-electron chi connectivity index (χ1n) is 6.96. The van der Waals surface area contributed by atoms with E-state index in [9.17, 15) is 18.0 Å². The van der Waals surface area contributed by atoms with Crippen molar-refractivity contribution in [3.8, 4) is 0 Å². The summed E-state index contributed by atoms with van der Waals surface area (Å²) < 4.78 is 27.4. The van der Waals surface area contributed by atoms with E-state index < -0.39 is 21.8 Å². The molecule has 0 aliphatic carbocycles. The molecule has 3 rings (SSSR count). The molecule has 1 aliphatic rings. The van der Waals surface area contributed by atoms with Crippen LogP contribution in [0.1, 0.15) is 6.42 Å². The van der Waals surface area contributed by atoms with E-state index in [0.29, 0.717) is 10.7 Å². The van der Waals surface area contributed by atoms with Gasteiger partial charge in [0.2, 0.25) is 11.8 Å². The highest BCUT2D eigenvalue weighted by molar-refractivity contribution is 7.92. The Morgan fingerprint density at radius 1 is 0.880 bits per heavy atom. The maximum atomic E-state index is 12.5. The van der Waals surface area contributed by atoms with Crippen molar-refractivity contribution in [1.29, 1.82) is 0 Å². The van der Waals surface area contributed by atoms with Crippen molar-refractivity contribution in [2.24, 2.45) is 0 Å². The Bertz CT molecular complexity index is 992. The molecule has 0 saturated heterocycles. The number of sulfonamides is 1. The van der Waals surface area contributed by atoms with Gasteiger partial charge in [0.05, 0.1) is 32.0 Å². The third kappa shape index (κ3) is 3.87. The highest BCUT2D eigenvalue weighted by Crippen LogP contribution is 2.30. The number of fused-ring (bicyclic) bond motifs is 1. The van der Waals surface area contributed by atoms with Gasteiger partial charge in [-0.3, -0.25) is 14.3 Å². The minimum atomic E-state index is -3.94. The van der Waals surface area contributed by atoms with E-state index in [0.717, 1.165) is 0 Å². The monoisotopic (exact) mass is 399 g/mol. The molecule has 0 aromatic heterocycles. The van der Waals surface area contributed by atoms with Crippen LogP contribution < -0.4 is 15.4 Å². The van der Waals surface area contributed by atoms with E-state index >= 15 is 0 Å². The lowest BCUT2D eigenvalue weighted by Gasteiger charge is -2.12. The molecule has 25 heavy (non-hydrogen) atoms. The maximum absolute atomic E-state index is 12.5. The van der Waals surface area contributed by atoms with E-state index in [1.54, 1.807) is 0 Å². The van der Waals surface area contributed by atoms with Crippen LogP contribution in [-0.2, 0) is 19.6 Å². The largest absolute Gasteiger partial charge is 0.324 e. The molecule has 0 unspecified atom stereocenters. The van der Waals surface area contributed by atoms with E-state index in [-0.39, 0.29) is 27.7 Å². The second-order valence-electron chi connectivity index (χ2n) is 5.21. The first-order valence-corrected chi connectivity index (χ1v) is 9.20. The van der Waals surface area contributed by atoms with Crippen LogP contribution in [0.15, 0.2) is 41.3 Å². The molecular weight excluding hydrogens is 389 g/mol. The standard InChI is InChI=1S/C15H11Cl2N3O4S/c16-10-3-1-8(5-11(10)17)20-25(23,24)9-2-4-12-13(6-9)19-15(22)7-14(21)18-12/h1-6,20H,7H2,(H,18,21)(H,19,22). The Balaban J connectivity index is 1.94. The number of hydrogen-bond donors (Lipinski definition) is 3. The second-order valence-corrected chi connectivity index (χ2v) is 7.71. The summed E-state index contributed by atoms with van der Waals surface area (Å²) in [6, 6.07) is 8.30. The minimum Gasteiger partial charge on any atom is -0.324 e. The number of carbonyl (C=O) groups is 2. The van der Waals surface area contributed by atoms with Crippen LogP contribution in [0.4, 0.5) is 17.1 Å². The average molecular weight is 400 g/mol. The van der Waals surface area contributed by atoms with Crippen molar-refractivity contribution in [2.45, 2.75) is 11.3 Å². The number of hydrogen-bond acceptors (Lipinski definition) is 4. The summed E-state index contributed by atoms with van der Waals surface area (Å²) in [5.41, 5.74) is 0.763. The summed E-state index contributed by atoms with van der Waals surface area (Å²) in [6.07, 6.45) is -0.335. The van der Waals surface area contributed by atoms with E-state index in [1.807, 2.05) is 0 Å². The fourth-order valence-electron chi connectivity index (χ4n) is 2.21. The third-order valence-corrected chi connectivity index (χ3v) is 5.46. The molecule has 2 aromatic rings. The number of nitrogens with one attached hydrogen (secondary N) is 3. The molecular formula is C15H11Cl2N3O4S. The van der Waals surface area contributed by atoms with Crippen LogP contribution in [0.25, 0.3) is 0 Å². The molecule has 0 spiro atoms. The van der Waals surface area contributed by atoms with Gasteiger partial charge in [-0.2, -0.15) is 0 Å². The molecule has 0 saturated carbocycles. The normalized spacial score (nSPS) is 14.2. The summed E-state index contributed by atoms with van der Waals surface area (Å²) in [5, 5.41) is 5.52. The zero-order valence-electron chi connectivity index (χ0n) is 12.5. The molecule has 2 amide bonds. The van der Waals surface area contributed by atoms with Gasteiger partial charge in [0.15, 0.2) is 0 Å². The van der Waals surface area contributed by atoms with Crippen LogP contribution in [-0.4, -0.2) is 20.2 Å². The van der Waals surface area contributed by atoms with Crippen molar-refractivity contribution in [3.05, 3.63) is 46.4 Å². The lowest BCUT2D eigenvalue weighted by molar-refractivity contribution is -0.123. The Morgan fingerprint density at radius 2 is 1.56 bits per heavy atom. The lowest BCUT2D eigenvalue weighted by Crippen LogP contribution is -2.16. The maximum Gasteiger partial charge on any atom is 0.261 e. The predicted molar refractivity (Wildman–Crippen MR) is 95.6 cm³/mol. The predicted octanol–water partition coefficient (Wildman–Crippen LogP) is 3.07. The SMILES string of the molecule is O=C1CC(=O)Nc2cc(S(=O)(=O)Nc3ccc(Cl)c(Cl)c3)ccc2N1. The van der Waals surface area contributed by atoms with E-state index in [1.165, 1.54) is 36.4 Å². The molecule has 7 nitrogen and oxygen atoms in total. The molecule has 2 aromatic carbocycles. The molecule has 3 N–H and O–H groups in total. The quantitative estimate of drug-likeness (QED) is 0.689. The number of anilines is 3. The van der Waals surface area contributed by atoms with E-state index in [4.69, 9.17) is 23.2 Å². The van der Waals surface area contributed by atoms with Crippen LogP contribution in [0.3, 0.4) is 0 Å². The lowest BCUT2D eigenvalue weighted by atomic mass is 10.2. The zero-order chi connectivity index (χ0) is 18.2.